The van der Waals surface area contributed by atoms with Crippen LogP contribution in [-0.2, 0) is 20.1 Å². The Morgan fingerprint density at radius 3 is 2.72 bits per heavy atom. The van der Waals surface area contributed by atoms with Gasteiger partial charge in [0.05, 0.1) is 11.6 Å². The molecule has 0 unspecified atom stereocenters. The third-order valence-corrected chi connectivity index (χ3v) is 3.67. The summed E-state index contributed by atoms with van der Waals surface area (Å²) in [7, 11) is 3.90. The molecule has 25 heavy (non-hydrogen) atoms. The van der Waals surface area contributed by atoms with E-state index < -0.39 is 5.91 Å². The number of aliphatic imine (C=N–C) groups is 1. The van der Waals surface area contributed by atoms with E-state index in [0.29, 0.717) is 23.9 Å². The van der Waals surface area contributed by atoms with Crippen molar-refractivity contribution in [2.75, 3.05) is 13.6 Å². The van der Waals surface area contributed by atoms with E-state index in [1.807, 2.05) is 42.7 Å². The molecule has 0 atom stereocenters. The lowest BCUT2D eigenvalue weighted by Gasteiger charge is -2.22. The number of nitrogens with zero attached hydrogens (tertiary/aromatic N) is 3. The van der Waals surface area contributed by atoms with Gasteiger partial charge in [0.15, 0.2) is 11.7 Å². The number of primary amides is 1. The largest absolute Gasteiger partial charge is 0.454 e. The maximum atomic E-state index is 11.1. The minimum Gasteiger partial charge on any atom is -0.454 e. The maximum absolute atomic E-state index is 11.1. The van der Waals surface area contributed by atoms with Crippen molar-refractivity contribution in [1.29, 1.82) is 0 Å². The fourth-order valence-electron chi connectivity index (χ4n) is 2.26. The van der Waals surface area contributed by atoms with E-state index in [9.17, 15) is 4.79 Å². The van der Waals surface area contributed by atoms with E-state index >= 15 is 0 Å². The Labute approximate surface area is 169 Å². The second-order valence-corrected chi connectivity index (χ2v) is 5.85. The molecule has 1 amide bonds. The number of hydrogen-bond acceptors (Lipinski definition) is 3. The van der Waals surface area contributed by atoms with Crippen molar-refractivity contribution in [3.63, 3.8) is 0 Å². The molecule has 7 nitrogen and oxygen atoms in total. The van der Waals surface area contributed by atoms with Gasteiger partial charge in [0.25, 0.3) is 5.91 Å². The molecule has 3 N–H and O–H groups in total. The first-order valence-electron chi connectivity index (χ1n) is 7.59. The van der Waals surface area contributed by atoms with Crippen molar-refractivity contribution in [3.8, 4) is 0 Å². The highest BCUT2D eigenvalue weighted by molar-refractivity contribution is 14.0. The highest BCUT2D eigenvalue weighted by Gasteiger charge is 2.11. The molecule has 0 fully saturated rings. The Kier molecular flexibility index (Phi) is 8.30. The quantitative estimate of drug-likeness (QED) is 0.379. The number of halogens is 2. The Morgan fingerprint density at radius 2 is 2.20 bits per heavy atom. The number of rotatable bonds is 6. The summed E-state index contributed by atoms with van der Waals surface area (Å²) in [6.45, 7) is 3.70. The first kappa shape index (κ1) is 21.4. The molecule has 0 bridgehead atoms. The van der Waals surface area contributed by atoms with Crippen LogP contribution in [0.1, 0.15) is 28.9 Å². The van der Waals surface area contributed by atoms with Crippen LogP contribution in [0.25, 0.3) is 0 Å². The number of aromatic nitrogens is 1. The zero-order chi connectivity index (χ0) is 17.7. The van der Waals surface area contributed by atoms with Crippen molar-refractivity contribution in [1.82, 2.24) is 14.8 Å². The SMILES string of the molecule is CCNC(=NCc1ccc(C(N)=O)o1)N(C)Cc1cc(Cl)cn1C.I. The highest BCUT2D eigenvalue weighted by atomic mass is 127. The summed E-state index contributed by atoms with van der Waals surface area (Å²) in [4.78, 5) is 17.6. The normalized spacial score (nSPS) is 11.1. The first-order valence-corrected chi connectivity index (χ1v) is 7.97. The van der Waals surface area contributed by atoms with Crippen LogP contribution in [0.2, 0.25) is 5.02 Å². The van der Waals surface area contributed by atoms with Crippen LogP contribution < -0.4 is 11.1 Å². The number of hydrogen-bond donors (Lipinski definition) is 2. The van der Waals surface area contributed by atoms with E-state index in [1.54, 1.807) is 12.1 Å². The van der Waals surface area contributed by atoms with E-state index in [0.717, 1.165) is 18.2 Å². The Bertz CT molecular complexity index is 741. The molecule has 9 heteroatoms. The second kappa shape index (κ2) is 9.71. The van der Waals surface area contributed by atoms with E-state index in [1.165, 1.54) is 0 Å². The van der Waals surface area contributed by atoms with Crippen LogP contribution in [0.3, 0.4) is 0 Å². The predicted molar refractivity (Wildman–Crippen MR) is 109 cm³/mol. The lowest BCUT2D eigenvalue weighted by Crippen LogP contribution is -2.38. The van der Waals surface area contributed by atoms with Crippen LogP contribution in [0, 0.1) is 0 Å². The summed E-state index contributed by atoms with van der Waals surface area (Å²) in [5, 5.41) is 3.94. The molecule has 0 spiro atoms. The standard InChI is InChI=1S/C16H22ClN5O2.HI/c1-4-19-16(20-8-13-5-6-14(24-13)15(18)23)22(3)10-12-7-11(17)9-21(12)2;/h5-7,9H,4,8,10H2,1-3H3,(H2,18,23)(H,19,20);1H. The van der Waals surface area contributed by atoms with Crippen LogP contribution in [0.15, 0.2) is 33.8 Å². The molecule has 0 aliphatic carbocycles. The molecule has 138 valence electrons. The fraction of sp³-hybridized carbons (Fsp3) is 0.375. The smallest absolute Gasteiger partial charge is 0.284 e. The maximum Gasteiger partial charge on any atom is 0.284 e. The van der Waals surface area contributed by atoms with Crippen molar-refractivity contribution in [2.24, 2.45) is 17.8 Å². The molecule has 2 aromatic rings. The molecule has 0 saturated carbocycles. The second-order valence-electron chi connectivity index (χ2n) is 5.42. The summed E-state index contributed by atoms with van der Waals surface area (Å²) >= 11 is 6.02. The zero-order valence-corrected chi connectivity index (χ0v) is 17.5. The van der Waals surface area contributed by atoms with Gasteiger partial charge >= 0.3 is 0 Å². The van der Waals surface area contributed by atoms with Gasteiger partial charge in [-0.3, -0.25) is 4.79 Å². The van der Waals surface area contributed by atoms with Gasteiger partial charge in [0.1, 0.15) is 12.3 Å². The summed E-state index contributed by atoms with van der Waals surface area (Å²) in [6, 6.07) is 5.17. The monoisotopic (exact) mass is 479 g/mol. The third-order valence-electron chi connectivity index (χ3n) is 3.46. The lowest BCUT2D eigenvalue weighted by atomic mass is 10.4. The summed E-state index contributed by atoms with van der Waals surface area (Å²) < 4.78 is 7.32. The van der Waals surface area contributed by atoms with Gasteiger partial charge in [0, 0.05) is 32.5 Å². The first-order chi connectivity index (χ1) is 11.4. The van der Waals surface area contributed by atoms with Gasteiger partial charge in [-0.1, -0.05) is 11.6 Å². The number of furan rings is 1. The van der Waals surface area contributed by atoms with Crippen molar-refractivity contribution >= 4 is 47.4 Å². The molecule has 2 rings (SSSR count). The van der Waals surface area contributed by atoms with E-state index in [4.69, 9.17) is 21.8 Å². The van der Waals surface area contributed by atoms with Crippen LogP contribution in [0.5, 0.6) is 0 Å². The van der Waals surface area contributed by atoms with Gasteiger partial charge < -0.3 is 24.9 Å². The molecular formula is C16H23ClIN5O2. The molecule has 0 saturated heterocycles. The molecule has 0 aromatic carbocycles. The minimum atomic E-state index is -0.588. The van der Waals surface area contributed by atoms with Crippen molar-refractivity contribution in [3.05, 3.63) is 46.6 Å². The Hall–Kier alpha value is -1.68. The molecule has 0 aliphatic rings. The Balaban J connectivity index is 0.00000312. The van der Waals surface area contributed by atoms with Crippen LogP contribution in [0.4, 0.5) is 0 Å². The number of amides is 1. The average Bonchev–Trinajstić information content (AvgIpc) is 3.10. The highest BCUT2D eigenvalue weighted by Crippen LogP contribution is 2.14. The number of guanidine groups is 1. The van der Waals surface area contributed by atoms with Gasteiger partial charge in [-0.15, -0.1) is 24.0 Å². The zero-order valence-electron chi connectivity index (χ0n) is 14.5. The molecule has 2 aromatic heterocycles. The summed E-state index contributed by atoms with van der Waals surface area (Å²) in [6.07, 6.45) is 1.86. The lowest BCUT2D eigenvalue weighted by molar-refractivity contribution is 0.0972. The summed E-state index contributed by atoms with van der Waals surface area (Å²) in [5.74, 6) is 0.855. The summed E-state index contributed by atoms with van der Waals surface area (Å²) in [5.41, 5.74) is 6.25. The number of nitrogens with two attached hydrogens (primary N) is 1. The van der Waals surface area contributed by atoms with E-state index in [-0.39, 0.29) is 29.7 Å². The van der Waals surface area contributed by atoms with Gasteiger partial charge in [0.2, 0.25) is 0 Å². The van der Waals surface area contributed by atoms with Crippen molar-refractivity contribution in [2.45, 2.75) is 20.0 Å². The van der Waals surface area contributed by atoms with Gasteiger partial charge in [-0.05, 0) is 25.1 Å². The predicted octanol–water partition coefficient (Wildman–Crippen LogP) is 2.59. The van der Waals surface area contributed by atoms with Crippen LogP contribution in [-0.4, -0.2) is 34.9 Å². The molecule has 0 aliphatic heterocycles. The van der Waals surface area contributed by atoms with Crippen molar-refractivity contribution < 1.29 is 9.21 Å². The average molecular weight is 480 g/mol. The van der Waals surface area contributed by atoms with Crippen LogP contribution >= 0.6 is 35.6 Å². The number of carbonyl (C=O) groups excluding carboxylic acids is 1. The molecular weight excluding hydrogens is 457 g/mol. The molecule has 0 radical (unpaired) electrons. The number of aryl methyl sites for hydroxylation is 1. The topological polar surface area (TPSA) is 88.8 Å². The fourth-order valence-corrected chi connectivity index (χ4v) is 2.53. The molecule has 2 heterocycles. The van der Waals surface area contributed by atoms with E-state index in [2.05, 4.69) is 10.3 Å². The number of carbonyl (C=O) groups is 1. The third kappa shape index (κ3) is 5.96. The minimum absolute atomic E-state index is 0. The number of nitrogens with one attached hydrogen (secondary N) is 1. The Morgan fingerprint density at radius 1 is 1.48 bits per heavy atom. The van der Waals surface area contributed by atoms with Gasteiger partial charge in [-0.2, -0.15) is 0 Å². The van der Waals surface area contributed by atoms with Gasteiger partial charge in [-0.25, -0.2) is 4.99 Å².